The largest absolute Gasteiger partial charge is 0.248 e. The Labute approximate surface area is 124 Å². The molecule has 0 aromatic carbocycles. The highest BCUT2D eigenvalue weighted by Crippen LogP contribution is 2.52. The number of nitrogens with zero attached hydrogens (tertiary/aromatic N) is 2. The lowest BCUT2D eigenvalue weighted by atomic mass is 10.2. The molecule has 2 heterocycles. The van der Waals surface area contributed by atoms with Crippen molar-refractivity contribution in [2.24, 2.45) is 0 Å². The zero-order chi connectivity index (χ0) is 13.2. The molecule has 0 aliphatic carbocycles. The van der Waals surface area contributed by atoms with Crippen LogP contribution in [0.4, 0.5) is 0 Å². The third-order valence-electron chi connectivity index (χ3n) is 2.35. The van der Waals surface area contributed by atoms with Crippen molar-refractivity contribution >= 4 is 44.3 Å². The molecule has 2 aromatic heterocycles. The molecule has 0 saturated heterocycles. The molecule has 0 N–H and O–H groups in total. The van der Waals surface area contributed by atoms with E-state index in [1.165, 1.54) is 10.0 Å². The average molecular weight is 317 g/mol. The minimum absolute atomic E-state index is 0.0351. The second-order valence-corrected chi connectivity index (χ2v) is 10.0. The van der Waals surface area contributed by atoms with Crippen molar-refractivity contribution in [3.05, 3.63) is 33.2 Å². The highest BCUT2D eigenvalue weighted by molar-refractivity contribution is 8.77. The van der Waals surface area contributed by atoms with Crippen LogP contribution in [0, 0.1) is 0 Å². The molecule has 18 heavy (non-hydrogen) atoms. The predicted octanol–water partition coefficient (Wildman–Crippen LogP) is 5.15. The van der Waals surface area contributed by atoms with Crippen LogP contribution in [0.3, 0.4) is 0 Å². The molecule has 0 unspecified atom stereocenters. The first-order chi connectivity index (χ1) is 8.42. The summed E-state index contributed by atoms with van der Waals surface area (Å²) >= 11 is 3.44. The minimum Gasteiger partial charge on any atom is -0.248 e. The van der Waals surface area contributed by atoms with Crippen LogP contribution >= 0.6 is 44.3 Å². The molecule has 0 spiro atoms. The fourth-order valence-electron chi connectivity index (χ4n) is 1.32. The zero-order valence-electron chi connectivity index (χ0n) is 10.8. The average Bonchev–Trinajstić information content (AvgIpc) is 2.99. The van der Waals surface area contributed by atoms with Crippen LogP contribution in [0.2, 0.25) is 0 Å². The Hall–Kier alpha value is -0.0400. The fourth-order valence-corrected chi connectivity index (χ4v) is 5.88. The summed E-state index contributed by atoms with van der Waals surface area (Å²) in [5, 5.41) is 6.42. The summed E-state index contributed by atoms with van der Waals surface area (Å²) in [6, 6.07) is 0. The van der Waals surface area contributed by atoms with Gasteiger partial charge in [-0.25, -0.2) is 9.97 Å². The second-order valence-electron chi connectivity index (χ2n) is 4.86. The van der Waals surface area contributed by atoms with Crippen LogP contribution in [0.15, 0.2) is 23.2 Å². The molecule has 0 aliphatic heterocycles. The van der Waals surface area contributed by atoms with Crippen LogP contribution < -0.4 is 0 Å². The maximum Gasteiger partial charge on any atom is 0.109 e. The van der Waals surface area contributed by atoms with Crippen LogP contribution in [0.1, 0.15) is 37.7 Å². The van der Waals surface area contributed by atoms with Gasteiger partial charge in [0.2, 0.25) is 0 Å². The summed E-state index contributed by atoms with van der Waals surface area (Å²) in [5.41, 5.74) is 0. The minimum atomic E-state index is 0.0351. The van der Waals surface area contributed by atoms with Crippen LogP contribution in [-0.4, -0.2) is 9.97 Å². The normalized spacial score (nSPS) is 12.9. The maximum atomic E-state index is 4.42. The van der Waals surface area contributed by atoms with Gasteiger partial charge in [0.15, 0.2) is 0 Å². The van der Waals surface area contributed by atoms with E-state index in [-0.39, 0.29) is 9.49 Å². The van der Waals surface area contributed by atoms with Gasteiger partial charge in [0, 0.05) is 23.2 Å². The van der Waals surface area contributed by atoms with Gasteiger partial charge in [0.05, 0.1) is 9.49 Å². The molecule has 0 saturated carbocycles. The van der Waals surface area contributed by atoms with Crippen molar-refractivity contribution in [1.82, 2.24) is 9.97 Å². The highest BCUT2D eigenvalue weighted by Gasteiger charge is 2.31. The third kappa shape index (κ3) is 3.29. The summed E-state index contributed by atoms with van der Waals surface area (Å²) in [6.45, 7) is 8.89. The molecule has 0 aliphatic rings. The van der Waals surface area contributed by atoms with Gasteiger partial charge in [-0.15, -0.1) is 22.7 Å². The van der Waals surface area contributed by atoms with E-state index in [1.807, 2.05) is 44.7 Å². The van der Waals surface area contributed by atoms with Crippen LogP contribution in [-0.2, 0) is 9.49 Å². The Balaban J connectivity index is 2.03. The number of rotatable bonds is 5. The molecular weight excluding hydrogens is 300 g/mol. The Morgan fingerprint density at radius 1 is 0.833 bits per heavy atom. The first-order valence-corrected chi connectivity index (χ1v) is 9.49. The quantitative estimate of drug-likeness (QED) is 0.712. The van der Waals surface area contributed by atoms with Crippen molar-refractivity contribution in [3.8, 4) is 0 Å². The summed E-state index contributed by atoms with van der Waals surface area (Å²) in [4.78, 5) is 8.85. The van der Waals surface area contributed by atoms with E-state index in [2.05, 4.69) is 37.7 Å². The zero-order valence-corrected chi connectivity index (χ0v) is 14.1. The van der Waals surface area contributed by atoms with Gasteiger partial charge in [-0.05, 0) is 27.7 Å². The first-order valence-electron chi connectivity index (χ1n) is 5.58. The van der Waals surface area contributed by atoms with Crippen molar-refractivity contribution in [2.45, 2.75) is 37.2 Å². The molecule has 0 fully saturated rings. The molecule has 0 radical (unpaired) electrons. The molecule has 6 heteroatoms. The van der Waals surface area contributed by atoms with Gasteiger partial charge in [0.25, 0.3) is 0 Å². The molecular formula is C12H16N2S4. The van der Waals surface area contributed by atoms with Crippen molar-refractivity contribution in [3.63, 3.8) is 0 Å². The molecule has 98 valence electrons. The summed E-state index contributed by atoms with van der Waals surface area (Å²) in [5.74, 6) is 0. The van der Waals surface area contributed by atoms with E-state index in [0.29, 0.717) is 0 Å². The van der Waals surface area contributed by atoms with Crippen molar-refractivity contribution in [2.75, 3.05) is 0 Å². The molecule has 0 amide bonds. The Kier molecular flexibility index (Phi) is 4.41. The predicted molar refractivity (Wildman–Crippen MR) is 85.5 cm³/mol. The number of aromatic nitrogens is 2. The Morgan fingerprint density at radius 3 is 1.50 bits per heavy atom. The smallest absolute Gasteiger partial charge is 0.109 e. The maximum absolute atomic E-state index is 4.42. The lowest BCUT2D eigenvalue weighted by Gasteiger charge is -2.27. The monoisotopic (exact) mass is 316 g/mol. The fraction of sp³-hybridized carbons (Fsp3) is 0.500. The van der Waals surface area contributed by atoms with Crippen LogP contribution in [0.25, 0.3) is 0 Å². The third-order valence-corrected chi connectivity index (χ3v) is 8.86. The number of hydrogen-bond acceptors (Lipinski definition) is 6. The topological polar surface area (TPSA) is 25.8 Å². The highest BCUT2D eigenvalue weighted by atomic mass is 33.1. The molecule has 2 aromatic rings. The summed E-state index contributed by atoms with van der Waals surface area (Å²) in [6.07, 6.45) is 3.75. The molecule has 2 nitrogen and oxygen atoms in total. The Bertz CT molecular complexity index is 428. The first kappa shape index (κ1) is 14.4. The van der Waals surface area contributed by atoms with E-state index in [0.717, 1.165) is 0 Å². The Morgan fingerprint density at radius 2 is 1.22 bits per heavy atom. The summed E-state index contributed by atoms with van der Waals surface area (Å²) in [7, 11) is 3.75. The van der Waals surface area contributed by atoms with Gasteiger partial charge in [-0.2, -0.15) is 0 Å². The lowest BCUT2D eigenvalue weighted by molar-refractivity contribution is 0.768. The standard InChI is InChI=1S/C12H16N2S4/c1-11(2,9-13-5-7-15-9)17-18-12(3,4)10-14-6-8-16-10/h5-8H,1-4H3. The SMILES string of the molecule is CC(C)(SSC(C)(C)c1nccs1)c1nccs1. The second kappa shape index (κ2) is 5.53. The van der Waals surface area contributed by atoms with Gasteiger partial charge in [-0.3, -0.25) is 0 Å². The van der Waals surface area contributed by atoms with Gasteiger partial charge in [-0.1, -0.05) is 21.6 Å². The van der Waals surface area contributed by atoms with E-state index in [1.54, 1.807) is 22.7 Å². The lowest BCUT2D eigenvalue weighted by Crippen LogP contribution is -2.15. The van der Waals surface area contributed by atoms with Gasteiger partial charge in [0.1, 0.15) is 10.0 Å². The van der Waals surface area contributed by atoms with Gasteiger partial charge < -0.3 is 0 Å². The van der Waals surface area contributed by atoms with E-state index < -0.39 is 0 Å². The van der Waals surface area contributed by atoms with Crippen molar-refractivity contribution < 1.29 is 0 Å². The number of thiazole rings is 2. The van der Waals surface area contributed by atoms with E-state index in [4.69, 9.17) is 0 Å². The number of hydrogen-bond donors (Lipinski definition) is 0. The molecule has 0 atom stereocenters. The molecule has 0 bridgehead atoms. The molecule has 2 rings (SSSR count). The van der Waals surface area contributed by atoms with Crippen molar-refractivity contribution in [1.29, 1.82) is 0 Å². The summed E-state index contributed by atoms with van der Waals surface area (Å²) < 4.78 is 0.0702. The van der Waals surface area contributed by atoms with E-state index >= 15 is 0 Å². The van der Waals surface area contributed by atoms with E-state index in [9.17, 15) is 0 Å². The van der Waals surface area contributed by atoms with Crippen LogP contribution in [0.5, 0.6) is 0 Å². The van der Waals surface area contributed by atoms with Gasteiger partial charge >= 0.3 is 0 Å².